The number of furan rings is 1. The maximum absolute atomic E-state index is 11.6. The van der Waals surface area contributed by atoms with Gasteiger partial charge in [-0.15, -0.1) is 10.2 Å². The Balaban J connectivity index is 1.87. The molecule has 20 heavy (non-hydrogen) atoms. The second-order valence-corrected chi connectivity index (χ2v) is 5.09. The highest BCUT2D eigenvalue weighted by molar-refractivity contribution is 5.76. The molecular weight excluding hydrogens is 258 g/mol. The van der Waals surface area contributed by atoms with Gasteiger partial charge in [-0.05, 0) is 18.9 Å². The van der Waals surface area contributed by atoms with Gasteiger partial charge >= 0.3 is 0 Å². The molecule has 2 rings (SSSR count). The van der Waals surface area contributed by atoms with E-state index < -0.39 is 0 Å². The van der Waals surface area contributed by atoms with E-state index >= 15 is 0 Å². The van der Waals surface area contributed by atoms with Crippen molar-refractivity contribution in [1.82, 2.24) is 15.5 Å². The number of carbonyl (C=O) groups is 1. The molecular formula is C14H19N3O3. The van der Waals surface area contributed by atoms with Crippen LogP contribution in [0.3, 0.4) is 0 Å². The Morgan fingerprint density at radius 2 is 2.20 bits per heavy atom. The summed E-state index contributed by atoms with van der Waals surface area (Å²) in [4.78, 5) is 11.6. The van der Waals surface area contributed by atoms with E-state index in [1.54, 1.807) is 12.3 Å². The van der Waals surface area contributed by atoms with Crippen LogP contribution in [0.2, 0.25) is 0 Å². The Bertz CT molecular complexity index is 572. The van der Waals surface area contributed by atoms with Gasteiger partial charge in [0.25, 0.3) is 5.89 Å². The number of nitrogens with zero attached hydrogens (tertiary/aromatic N) is 2. The highest BCUT2D eigenvalue weighted by Gasteiger charge is 2.13. The second kappa shape index (κ2) is 6.36. The molecule has 0 bridgehead atoms. The molecule has 0 unspecified atom stereocenters. The molecule has 108 valence electrons. The molecule has 0 radical (unpaired) electrons. The summed E-state index contributed by atoms with van der Waals surface area (Å²) in [6, 6.07) is 1.78. The minimum absolute atomic E-state index is 0.00191. The van der Waals surface area contributed by atoms with Crippen molar-refractivity contribution < 1.29 is 13.6 Å². The molecule has 1 amide bonds. The third-order valence-corrected chi connectivity index (χ3v) is 2.83. The van der Waals surface area contributed by atoms with Gasteiger partial charge in [-0.3, -0.25) is 4.79 Å². The van der Waals surface area contributed by atoms with Crippen molar-refractivity contribution in [2.75, 3.05) is 6.54 Å². The Labute approximate surface area is 117 Å². The van der Waals surface area contributed by atoms with Crippen LogP contribution in [0.5, 0.6) is 0 Å². The average molecular weight is 277 g/mol. The van der Waals surface area contributed by atoms with Crippen molar-refractivity contribution in [3.05, 3.63) is 24.0 Å². The van der Waals surface area contributed by atoms with Crippen LogP contribution in [0.1, 0.15) is 31.9 Å². The van der Waals surface area contributed by atoms with Gasteiger partial charge in [0.15, 0.2) is 0 Å². The van der Waals surface area contributed by atoms with Gasteiger partial charge < -0.3 is 14.2 Å². The highest BCUT2D eigenvalue weighted by Crippen LogP contribution is 2.22. The SMILES string of the molecule is Cc1occc1-c1nnc(CCC(=O)NCC(C)C)o1. The molecule has 0 aliphatic heterocycles. The molecule has 0 aliphatic rings. The zero-order valence-electron chi connectivity index (χ0n) is 12.0. The smallest absolute Gasteiger partial charge is 0.251 e. The number of aromatic nitrogens is 2. The van der Waals surface area contributed by atoms with Crippen LogP contribution >= 0.6 is 0 Å². The summed E-state index contributed by atoms with van der Waals surface area (Å²) in [7, 11) is 0. The van der Waals surface area contributed by atoms with Crippen LogP contribution in [-0.2, 0) is 11.2 Å². The molecule has 2 aromatic heterocycles. The predicted octanol–water partition coefficient (Wildman–Crippen LogP) is 2.34. The minimum atomic E-state index is -0.00191. The minimum Gasteiger partial charge on any atom is -0.469 e. The van der Waals surface area contributed by atoms with Crippen LogP contribution < -0.4 is 5.32 Å². The van der Waals surface area contributed by atoms with E-state index in [1.807, 2.05) is 6.92 Å². The van der Waals surface area contributed by atoms with Crippen LogP contribution in [0, 0.1) is 12.8 Å². The molecule has 0 saturated carbocycles. The van der Waals surface area contributed by atoms with Crippen LogP contribution in [0.25, 0.3) is 11.5 Å². The summed E-state index contributed by atoms with van der Waals surface area (Å²) < 4.78 is 10.7. The lowest BCUT2D eigenvalue weighted by atomic mass is 10.2. The normalized spacial score (nSPS) is 11.0. The number of nitrogens with one attached hydrogen (secondary N) is 1. The zero-order valence-corrected chi connectivity index (χ0v) is 12.0. The highest BCUT2D eigenvalue weighted by atomic mass is 16.4. The fourth-order valence-electron chi connectivity index (χ4n) is 1.70. The summed E-state index contributed by atoms with van der Waals surface area (Å²) in [5, 5.41) is 10.8. The fourth-order valence-corrected chi connectivity index (χ4v) is 1.70. The van der Waals surface area contributed by atoms with E-state index in [0.717, 1.165) is 11.3 Å². The number of rotatable bonds is 6. The molecule has 0 spiro atoms. The molecule has 6 heteroatoms. The molecule has 0 aromatic carbocycles. The first-order chi connectivity index (χ1) is 9.56. The fraction of sp³-hybridized carbons (Fsp3) is 0.500. The lowest BCUT2D eigenvalue weighted by Gasteiger charge is -2.06. The van der Waals surface area contributed by atoms with Crippen LogP contribution in [0.15, 0.2) is 21.2 Å². The zero-order chi connectivity index (χ0) is 14.5. The number of amides is 1. The van der Waals surface area contributed by atoms with Gasteiger partial charge in [0.05, 0.1) is 11.8 Å². The lowest BCUT2D eigenvalue weighted by Crippen LogP contribution is -2.27. The standard InChI is InChI=1S/C14H19N3O3/c1-9(2)8-15-12(18)4-5-13-16-17-14(20-13)11-6-7-19-10(11)3/h6-7,9H,4-5,8H2,1-3H3,(H,15,18). The first kappa shape index (κ1) is 14.3. The number of aryl methyl sites for hydroxylation is 2. The van der Waals surface area contributed by atoms with Gasteiger partial charge in [-0.25, -0.2) is 0 Å². The van der Waals surface area contributed by atoms with Gasteiger partial charge in [-0.1, -0.05) is 13.8 Å². The Morgan fingerprint density at radius 1 is 1.40 bits per heavy atom. The van der Waals surface area contributed by atoms with Gasteiger partial charge in [0.1, 0.15) is 5.76 Å². The van der Waals surface area contributed by atoms with Crippen LogP contribution in [-0.4, -0.2) is 22.6 Å². The van der Waals surface area contributed by atoms with Gasteiger partial charge in [0.2, 0.25) is 11.8 Å². The van der Waals surface area contributed by atoms with Crippen molar-refractivity contribution >= 4 is 5.91 Å². The molecule has 0 fully saturated rings. The molecule has 1 N–H and O–H groups in total. The maximum atomic E-state index is 11.6. The summed E-state index contributed by atoms with van der Waals surface area (Å²) in [5.74, 6) is 2.06. The average Bonchev–Trinajstić information content (AvgIpc) is 3.02. The topological polar surface area (TPSA) is 81.2 Å². The van der Waals surface area contributed by atoms with Crippen molar-refractivity contribution in [3.8, 4) is 11.5 Å². The van der Waals surface area contributed by atoms with E-state index in [4.69, 9.17) is 8.83 Å². The van der Waals surface area contributed by atoms with E-state index in [2.05, 4.69) is 29.4 Å². The third kappa shape index (κ3) is 3.69. The predicted molar refractivity (Wildman–Crippen MR) is 72.9 cm³/mol. The summed E-state index contributed by atoms with van der Waals surface area (Å²) >= 11 is 0. The monoisotopic (exact) mass is 277 g/mol. The van der Waals surface area contributed by atoms with E-state index in [9.17, 15) is 4.79 Å². The Hall–Kier alpha value is -2.11. The quantitative estimate of drug-likeness (QED) is 0.876. The van der Waals surface area contributed by atoms with Gasteiger partial charge in [0, 0.05) is 19.4 Å². The van der Waals surface area contributed by atoms with E-state index in [0.29, 0.717) is 37.1 Å². The molecule has 6 nitrogen and oxygen atoms in total. The second-order valence-electron chi connectivity index (χ2n) is 5.09. The van der Waals surface area contributed by atoms with Crippen molar-refractivity contribution in [2.24, 2.45) is 5.92 Å². The van der Waals surface area contributed by atoms with Crippen molar-refractivity contribution in [1.29, 1.82) is 0 Å². The third-order valence-electron chi connectivity index (χ3n) is 2.83. The lowest BCUT2D eigenvalue weighted by molar-refractivity contribution is -0.121. The summed E-state index contributed by atoms with van der Waals surface area (Å²) in [5.41, 5.74) is 0.785. The maximum Gasteiger partial charge on any atom is 0.251 e. The summed E-state index contributed by atoms with van der Waals surface area (Å²) in [6.45, 7) is 6.62. The summed E-state index contributed by atoms with van der Waals surface area (Å²) in [6.07, 6.45) is 2.36. The van der Waals surface area contributed by atoms with E-state index in [1.165, 1.54) is 0 Å². The number of hydrogen-bond donors (Lipinski definition) is 1. The molecule has 0 aliphatic carbocycles. The molecule has 0 saturated heterocycles. The number of hydrogen-bond acceptors (Lipinski definition) is 5. The number of carbonyl (C=O) groups excluding carboxylic acids is 1. The first-order valence-electron chi connectivity index (χ1n) is 6.70. The Kier molecular flexibility index (Phi) is 4.55. The largest absolute Gasteiger partial charge is 0.469 e. The molecule has 0 atom stereocenters. The van der Waals surface area contributed by atoms with Gasteiger partial charge in [-0.2, -0.15) is 0 Å². The molecule has 2 heterocycles. The van der Waals surface area contributed by atoms with Crippen molar-refractivity contribution in [3.63, 3.8) is 0 Å². The Morgan fingerprint density at radius 3 is 2.85 bits per heavy atom. The van der Waals surface area contributed by atoms with Crippen LogP contribution in [0.4, 0.5) is 0 Å². The van der Waals surface area contributed by atoms with E-state index in [-0.39, 0.29) is 5.91 Å². The van der Waals surface area contributed by atoms with Crippen molar-refractivity contribution in [2.45, 2.75) is 33.6 Å². The molecule has 2 aromatic rings. The first-order valence-corrected chi connectivity index (χ1v) is 6.70.